The molecule has 116 valence electrons. The molecular weight excluding hydrogens is 286 g/mol. The molecule has 0 saturated carbocycles. The van der Waals surface area contributed by atoms with Gasteiger partial charge in [-0.25, -0.2) is 4.98 Å². The van der Waals surface area contributed by atoms with Crippen molar-refractivity contribution in [3.8, 4) is 0 Å². The normalized spacial score (nSPS) is 11.6. The maximum Gasteiger partial charge on any atom is 0.157 e. The first-order valence-corrected chi connectivity index (χ1v) is 7.86. The lowest BCUT2D eigenvalue weighted by atomic mass is 10.1. The highest BCUT2D eigenvalue weighted by Crippen LogP contribution is 2.21. The van der Waals surface area contributed by atoms with E-state index in [0.29, 0.717) is 5.92 Å². The maximum atomic E-state index is 4.65. The zero-order chi connectivity index (χ0) is 15.8. The summed E-state index contributed by atoms with van der Waals surface area (Å²) < 4.78 is 1.85. The third-order valence-electron chi connectivity index (χ3n) is 4.12. The topological polar surface area (TPSA) is 58.0 Å². The van der Waals surface area contributed by atoms with E-state index in [9.17, 15) is 0 Å². The van der Waals surface area contributed by atoms with Crippen molar-refractivity contribution < 1.29 is 0 Å². The third-order valence-corrected chi connectivity index (χ3v) is 4.12. The van der Waals surface area contributed by atoms with Gasteiger partial charge in [0.05, 0.1) is 6.20 Å². The van der Waals surface area contributed by atoms with Crippen molar-refractivity contribution in [2.45, 2.75) is 26.3 Å². The van der Waals surface area contributed by atoms with Gasteiger partial charge in [-0.15, -0.1) is 0 Å². The van der Waals surface area contributed by atoms with Gasteiger partial charge in [0, 0.05) is 41.5 Å². The Hall–Kier alpha value is -2.82. The van der Waals surface area contributed by atoms with Crippen LogP contribution < -0.4 is 5.32 Å². The summed E-state index contributed by atoms with van der Waals surface area (Å²) in [5, 5.41) is 9.13. The summed E-state index contributed by atoms with van der Waals surface area (Å²) >= 11 is 0. The van der Waals surface area contributed by atoms with Crippen LogP contribution in [0.2, 0.25) is 0 Å². The molecule has 5 nitrogen and oxygen atoms in total. The zero-order valence-electron chi connectivity index (χ0n) is 13.2. The molecular formula is C18H19N5. The number of benzene rings is 1. The molecule has 0 aliphatic carbocycles. The van der Waals surface area contributed by atoms with E-state index in [2.05, 4.69) is 64.6 Å². The van der Waals surface area contributed by atoms with Crippen LogP contribution in [-0.4, -0.2) is 19.6 Å². The van der Waals surface area contributed by atoms with Gasteiger partial charge in [-0.2, -0.15) is 9.61 Å². The molecule has 0 amide bonds. The molecule has 4 aromatic rings. The summed E-state index contributed by atoms with van der Waals surface area (Å²) in [4.78, 5) is 7.90. The Morgan fingerprint density at radius 3 is 3.00 bits per heavy atom. The third kappa shape index (κ3) is 2.44. The lowest BCUT2D eigenvalue weighted by Crippen LogP contribution is -2.08. The van der Waals surface area contributed by atoms with Crippen molar-refractivity contribution in [3.63, 3.8) is 0 Å². The van der Waals surface area contributed by atoms with Gasteiger partial charge < -0.3 is 10.3 Å². The Labute approximate surface area is 134 Å². The molecule has 1 aromatic carbocycles. The van der Waals surface area contributed by atoms with E-state index in [1.54, 1.807) is 6.20 Å². The first-order valence-electron chi connectivity index (χ1n) is 7.86. The van der Waals surface area contributed by atoms with Crippen LogP contribution in [0.15, 0.2) is 48.8 Å². The molecule has 23 heavy (non-hydrogen) atoms. The van der Waals surface area contributed by atoms with E-state index < -0.39 is 0 Å². The van der Waals surface area contributed by atoms with Crippen LogP contribution in [-0.2, 0) is 6.54 Å². The second-order valence-corrected chi connectivity index (χ2v) is 6.03. The van der Waals surface area contributed by atoms with E-state index in [-0.39, 0.29) is 0 Å². The van der Waals surface area contributed by atoms with E-state index in [0.717, 1.165) is 29.2 Å². The number of aromatic amines is 1. The fraction of sp³-hybridized carbons (Fsp3) is 0.222. The van der Waals surface area contributed by atoms with E-state index in [4.69, 9.17) is 0 Å². The average Bonchev–Trinajstić information content (AvgIpc) is 3.20. The molecule has 0 atom stereocenters. The molecule has 0 bridgehead atoms. The zero-order valence-corrected chi connectivity index (χ0v) is 13.2. The molecule has 4 rings (SSSR count). The lowest BCUT2D eigenvalue weighted by Gasteiger charge is -2.12. The quantitative estimate of drug-likeness (QED) is 0.600. The van der Waals surface area contributed by atoms with E-state index in [1.807, 2.05) is 16.8 Å². The van der Waals surface area contributed by atoms with E-state index >= 15 is 0 Å². The Morgan fingerprint density at radius 2 is 2.13 bits per heavy atom. The van der Waals surface area contributed by atoms with Crippen molar-refractivity contribution in [1.82, 2.24) is 19.6 Å². The minimum absolute atomic E-state index is 0.378. The Balaban J connectivity index is 1.70. The highest BCUT2D eigenvalue weighted by Gasteiger charge is 2.09. The number of nitrogens with zero attached hydrogens (tertiary/aromatic N) is 3. The van der Waals surface area contributed by atoms with Gasteiger partial charge in [-0.05, 0) is 23.6 Å². The molecule has 0 spiro atoms. The van der Waals surface area contributed by atoms with Crippen LogP contribution in [0.25, 0.3) is 16.6 Å². The second kappa shape index (κ2) is 5.43. The number of nitrogens with one attached hydrogen (secondary N) is 2. The predicted octanol–water partition coefficient (Wildman–Crippen LogP) is 3.95. The fourth-order valence-corrected chi connectivity index (χ4v) is 2.84. The summed E-state index contributed by atoms with van der Waals surface area (Å²) in [7, 11) is 0. The van der Waals surface area contributed by atoms with Gasteiger partial charge in [-0.3, -0.25) is 0 Å². The van der Waals surface area contributed by atoms with Crippen molar-refractivity contribution in [1.29, 1.82) is 0 Å². The highest BCUT2D eigenvalue weighted by molar-refractivity contribution is 5.83. The van der Waals surface area contributed by atoms with Crippen LogP contribution in [0.4, 0.5) is 5.82 Å². The van der Waals surface area contributed by atoms with Crippen LogP contribution in [0.5, 0.6) is 0 Å². The average molecular weight is 305 g/mol. The van der Waals surface area contributed by atoms with Crippen LogP contribution in [0.1, 0.15) is 31.0 Å². The molecule has 0 aliphatic rings. The summed E-state index contributed by atoms with van der Waals surface area (Å²) in [6, 6.07) is 12.4. The number of hydrogen-bond donors (Lipinski definition) is 2. The smallest absolute Gasteiger partial charge is 0.157 e. The standard InChI is InChI=1S/C18H19N5/c1-12(2)16-10-18(23-17(22-16)7-9-21-23)20-11-13-4-3-5-15-14(13)6-8-19-15/h3-10,12,19-20H,11H2,1-2H3. The molecule has 0 fully saturated rings. The maximum absolute atomic E-state index is 4.65. The molecule has 3 heterocycles. The number of anilines is 1. The van der Waals surface area contributed by atoms with Crippen LogP contribution >= 0.6 is 0 Å². The molecule has 0 unspecified atom stereocenters. The first kappa shape index (κ1) is 13.8. The minimum Gasteiger partial charge on any atom is -0.366 e. The van der Waals surface area contributed by atoms with E-state index in [1.165, 1.54) is 10.9 Å². The Kier molecular flexibility index (Phi) is 3.26. The summed E-state index contributed by atoms with van der Waals surface area (Å²) in [5.74, 6) is 1.35. The first-order chi connectivity index (χ1) is 11.2. The van der Waals surface area contributed by atoms with Gasteiger partial charge in [0.25, 0.3) is 0 Å². The van der Waals surface area contributed by atoms with Gasteiger partial charge >= 0.3 is 0 Å². The Morgan fingerprint density at radius 1 is 1.22 bits per heavy atom. The van der Waals surface area contributed by atoms with Crippen molar-refractivity contribution in [3.05, 3.63) is 60.0 Å². The molecule has 0 aliphatic heterocycles. The summed E-state index contributed by atoms with van der Waals surface area (Å²) in [6.45, 7) is 5.05. The number of aromatic nitrogens is 4. The van der Waals surface area contributed by atoms with Gasteiger partial charge in [0.1, 0.15) is 5.82 Å². The number of rotatable bonds is 4. The predicted molar refractivity (Wildman–Crippen MR) is 92.7 cm³/mol. The van der Waals surface area contributed by atoms with Gasteiger partial charge in [0.15, 0.2) is 5.65 Å². The minimum atomic E-state index is 0.378. The van der Waals surface area contributed by atoms with Crippen molar-refractivity contribution in [2.75, 3.05) is 5.32 Å². The lowest BCUT2D eigenvalue weighted by molar-refractivity contribution is 0.808. The molecule has 5 heteroatoms. The number of hydrogen-bond acceptors (Lipinski definition) is 3. The number of fused-ring (bicyclic) bond motifs is 2. The summed E-state index contributed by atoms with van der Waals surface area (Å²) in [6.07, 6.45) is 3.76. The van der Waals surface area contributed by atoms with Gasteiger partial charge in [0.2, 0.25) is 0 Å². The molecule has 3 aromatic heterocycles. The van der Waals surface area contributed by atoms with Gasteiger partial charge in [-0.1, -0.05) is 26.0 Å². The summed E-state index contributed by atoms with van der Waals surface area (Å²) in [5.41, 5.74) is 4.36. The monoisotopic (exact) mass is 305 g/mol. The fourth-order valence-electron chi connectivity index (χ4n) is 2.84. The van der Waals surface area contributed by atoms with Crippen molar-refractivity contribution in [2.24, 2.45) is 0 Å². The molecule has 0 saturated heterocycles. The second-order valence-electron chi connectivity index (χ2n) is 6.03. The molecule has 0 radical (unpaired) electrons. The van der Waals surface area contributed by atoms with Crippen LogP contribution in [0, 0.1) is 0 Å². The van der Waals surface area contributed by atoms with Crippen molar-refractivity contribution >= 4 is 22.4 Å². The molecule has 2 N–H and O–H groups in total. The van der Waals surface area contributed by atoms with Crippen LogP contribution in [0.3, 0.4) is 0 Å². The largest absolute Gasteiger partial charge is 0.366 e. The highest BCUT2D eigenvalue weighted by atomic mass is 15.3. The SMILES string of the molecule is CC(C)c1cc(NCc2cccc3[nH]ccc23)n2nccc2n1. The Bertz CT molecular complexity index is 964. The number of H-pyrrole nitrogens is 1.